The number of hydrogen-bond acceptors (Lipinski definition) is 2. The first-order chi connectivity index (χ1) is 10.0. The van der Waals surface area contributed by atoms with Gasteiger partial charge in [0.1, 0.15) is 0 Å². The Labute approximate surface area is 138 Å². The largest absolute Gasteiger partial charge is 0.469 e. The molecule has 0 amide bonds. The van der Waals surface area contributed by atoms with Gasteiger partial charge in [-0.3, -0.25) is 4.79 Å². The summed E-state index contributed by atoms with van der Waals surface area (Å²) in [6, 6.07) is 12.4. The first-order valence-corrected chi connectivity index (χ1v) is 7.42. The molecule has 2 rings (SSSR count). The Morgan fingerprint density at radius 1 is 1.10 bits per heavy atom. The van der Waals surface area contributed by atoms with Crippen LogP contribution in [-0.4, -0.2) is 13.1 Å². The molecule has 5 heteroatoms. The molecule has 0 saturated carbocycles. The van der Waals surface area contributed by atoms with Gasteiger partial charge >= 0.3 is 5.97 Å². The summed E-state index contributed by atoms with van der Waals surface area (Å²) in [6.07, 6.45) is 0.410. The lowest BCUT2D eigenvalue weighted by Crippen LogP contribution is -2.17. The number of carbonyl (C=O) groups excluding carboxylic acids is 1. The molecule has 0 aliphatic carbocycles. The molecule has 0 heterocycles. The minimum absolute atomic E-state index is 0.362. The molecular weight excluding hydrogens is 331 g/mol. The zero-order valence-corrected chi connectivity index (χ0v) is 13.5. The monoisotopic (exact) mass is 342 g/mol. The molecule has 1 unspecified atom stereocenters. The van der Waals surface area contributed by atoms with Crippen LogP contribution in [0.25, 0.3) is 0 Å². The number of ether oxygens (including phenoxy) is 1. The molecule has 0 radical (unpaired) electrons. The molecule has 2 nitrogen and oxygen atoms in total. The van der Waals surface area contributed by atoms with Crippen molar-refractivity contribution in [2.24, 2.45) is 0 Å². The predicted octanol–water partition coefficient (Wildman–Crippen LogP) is 5.15. The van der Waals surface area contributed by atoms with E-state index in [0.29, 0.717) is 27.1 Å². The second kappa shape index (κ2) is 7.17. The third-order valence-electron chi connectivity index (χ3n) is 3.21. The maximum absolute atomic E-state index is 12.1. The summed E-state index contributed by atoms with van der Waals surface area (Å²) in [5.41, 5.74) is 1.54. The third kappa shape index (κ3) is 3.91. The third-order valence-corrected chi connectivity index (χ3v) is 4.14. The lowest BCUT2D eigenvalue weighted by Gasteiger charge is -2.17. The maximum Gasteiger partial charge on any atom is 0.313 e. The van der Waals surface area contributed by atoms with Gasteiger partial charge in [-0.05, 0) is 35.7 Å². The predicted molar refractivity (Wildman–Crippen MR) is 86.4 cm³/mol. The van der Waals surface area contributed by atoms with E-state index in [4.69, 9.17) is 39.5 Å². The molecule has 21 heavy (non-hydrogen) atoms. The quantitative estimate of drug-likeness (QED) is 0.718. The van der Waals surface area contributed by atoms with Crippen molar-refractivity contribution >= 4 is 40.8 Å². The fourth-order valence-electron chi connectivity index (χ4n) is 2.13. The summed E-state index contributed by atoms with van der Waals surface area (Å²) in [5.74, 6) is -0.890. The normalized spacial score (nSPS) is 12.0. The average Bonchev–Trinajstić information content (AvgIpc) is 2.46. The number of esters is 1. The molecule has 1 atom stereocenters. The van der Waals surface area contributed by atoms with Crippen molar-refractivity contribution < 1.29 is 9.53 Å². The Bertz CT molecular complexity index is 656. The minimum atomic E-state index is -0.528. The van der Waals surface area contributed by atoms with Crippen LogP contribution in [-0.2, 0) is 16.0 Å². The molecule has 110 valence electrons. The lowest BCUT2D eigenvalue weighted by molar-refractivity contribution is -0.142. The van der Waals surface area contributed by atoms with Crippen LogP contribution >= 0.6 is 34.8 Å². The van der Waals surface area contributed by atoms with Gasteiger partial charge in [-0.2, -0.15) is 0 Å². The highest BCUT2D eigenvalue weighted by molar-refractivity contribution is 6.35. The first-order valence-electron chi connectivity index (χ1n) is 6.29. The van der Waals surface area contributed by atoms with Crippen LogP contribution in [0.5, 0.6) is 0 Å². The van der Waals surface area contributed by atoms with E-state index in [9.17, 15) is 4.79 Å². The van der Waals surface area contributed by atoms with Gasteiger partial charge in [-0.25, -0.2) is 0 Å². The van der Waals surface area contributed by atoms with Crippen molar-refractivity contribution in [3.8, 4) is 0 Å². The van der Waals surface area contributed by atoms with Gasteiger partial charge in [0, 0.05) is 15.1 Å². The van der Waals surface area contributed by atoms with Crippen LogP contribution in [0.1, 0.15) is 17.0 Å². The van der Waals surface area contributed by atoms with Crippen LogP contribution in [0, 0.1) is 0 Å². The fourth-order valence-corrected chi connectivity index (χ4v) is 2.88. The Balaban J connectivity index is 2.40. The SMILES string of the molecule is COC(=O)C(Cc1ccccc1Cl)c1ccc(Cl)cc1Cl. The van der Waals surface area contributed by atoms with Crippen molar-refractivity contribution in [1.29, 1.82) is 0 Å². The molecule has 0 fully saturated rings. The van der Waals surface area contributed by atoms with E-state index < -0.39 is 5.92 Å². The Kier molecular flexibility index (Phi) is 5.51. The van der Waals surface area contributed by atoms with E-state index in [1.807, 2.05) is 18.2 Å². The molecular formula is C16H13Cl3O2. The number of methoxy groups -OCH3 is 1. The number of carbonyl (C=O) groups is 1. The van der Waals surface area contributed by atoms with E-state index in [-0.39, 0.29) is 5.97 Å². The fraction of sp³-hybridized carbons (Fsp3) is 0.188. The molecule has 0 spiro atoms. The van der Waals surface area contributed by atoms with Crippen LogP contribution in [0.2, 0.25) is 15.1 Å². The van der Waals surface area contributed by atoms with E-state index >= 15 is 0 Å². The van der Waals surface area contributed by atoms with Crippen LogP contribution in [0.3, 0.4) is 0 Å². The van der Waals surface area contributed by atoms with Gasteiger partial charge in [0.2, 0.25) is 0 Å². The Hall–Kier alpha value is -1.22. The van der Waals surface area contributed by atoms with Crippen molar-refractivity contribution in [2.45, 2.75) is 12.3 Å². The number of benzene rings is 2. The molecule has 0 aliphatic rings. The highest BCUT2D eigenvalue weighted by Gasteiger charge is 2.25. The Morgan fingerprint density at radius 2 is 1.81 bits per heavy atom. The molecule has 2 aromatic carbocycles. The summed E-state index contributed by atoms with van der Waals surface area (Å²) in [6.45, 7) is 0. The topological polar surface area (TPSA) is 26.3 Å². The molecule has 0 saturated heterocycles. The summed E-state index contributed by atoms with van der Waals surface area (Å²) in [5, 5.41) is 1.56. The molecule has 0 aromatic heterocycles. The van der Waals surface area contributed by atoms with Gasteiger partial charge in [-0.15, -0.1) is 0 Å². The van der Waals surface area contributed by atoms with E-state index in [0.717, 1.165) is 5.56 Å². The summed E-state index contributed by atoms with van der Waals surface area (Å²) < 4.78 is 4.89. The second-order valence-electron chi connectivity index (χ2n) is 4.54. The van der Waals surface area contributed by atoms with Crippen molar-refractivity contribution in [2.75, 3.05) is 7.11 Å². The standard InChI is InChI=1S/C16H13Cl3O2/c1-21-16(20)13(8-10-4-2-3-5-14(10)18)12-7-6-11(17)9-15(12)19/h2-7,9,13H,8H2,1H3. The zero-order chi connectivity index (χ0) is 15.4. The van der Waals surface area contributed by atoms with Crippen LogP contribution in [0.15, 0.2) is 42.5 Å². The van der Waals surface area contributed by atoms with Crippen LogP contribution in [0.4, 0.5) is 0 Å². The molecule has 0 bridgehead atoms. The van der Waals surface area contributed by atoms with Gasteiger partial charge in [0.05, 0.1) is 13.0 Å². The lowest BCUT2D eigenvalue weighted by atomic mass is 9.92. The number of halogens is 3. The zero-order valence-electron chi connectivity index (χ0n) is 11.3. The van der Waals surface area contributed by atoms with Gasteiger partial charge in [-0.1, -0.05) is 59.1 Å². The minimum Gasteiger partial charge on any atom is -0.469 e. The molecule has 0 aliphatic heterocycles. The molecule has 0 N–H and O–H groups in total. The van der Waals surface area contributed by atoms with Crippen molar-refractivity contribution in [3.05, 3.63) is 68.7 Å². The smallest absolute Gasteiger partial charge is 0.313 e. The summed E-state index contributed by atoms with van der Waals surface area (Å²) in [4.78, 5) is 12.1. The highest BCUT2D eigenvalue weighted by Crippen LogP contribution is 2.32. The summed E-state index contributed by atoms with van der Waals surface area (Å²) >= 11 is 18.3. The number of hydrogen-bond donors (Lipinski definition) is 0. The Morgan fingerprint density at radius 3 is 2.43 bits per heavy atom. The van der Waals surface area contributed by atoms with Crippen molar-refractivity contribution in [1.82, 2.24) is 0 Å². The highest BCUT2D eigenvalue weighted by atomic mass is 35.5. The first kappa shape index (κ1) is 16.2. The molecule has 2 aromatic rings. The summed E-state index contributed by atoms with van der Waals surface area (Å²) in [7, 11) is 1.35. The van der Waals surface area contributed by atoms with Gasteiger partial charge in [0.25, 0.3) is 0 Å². The average molecular weight is 344 g/mol. The van der Waals surface area contributed by atoms with E-state index in [1.165, 1.54) is 7.11 Å². The van der Waals surface area contributed by atoms with E-state index in [1.54, 1.807) is 24.3 Å². The van der Waals surface area contributed by atoms with Gasteiger partial charge in [0.15, 0.2) is 0 Å². The number of rotatable bonds is 4. The maximum atomic E-state index is 12.1. The van der Waals surface area contributed by atoms with Gasteiger partial charge < -0.3 is 4.74 Å². The van der Waals surface area contributed by atoms with E-state index in [2.05, 4.69) is 0 Å². The second-order valence-corrected chi connectivity index (χ2v) is 5.79. The van der Waals surface area contributed by atoms with Crippen LogP contribution < -0.4 is 0 Å². The van der Waals surface area contributed by atoms with Crippen molar-refractivity contribution in [3.63, 3.8) is 0 Å².